The summed E-state index contributed by atoms with van der Waals surface area (Å²) >= 11 is 0. The number of carbonyl (C=O) groups excluding carboxylic acids is 3. The largest absolute Gasteiger partial charge is 0.497 e. The molecule has 1 fully saturated rings. The number of hydrogen-bond donors (Lipinski definition) is 2. The molecule has 0 saturated carbocycles. The van der Waals surface area contributed by atoms with Crippen LogP contribution >= 0.6 is 0 Å². The normalized spacial score (nSPS) is 16.4. The lowest BCUT2D eigenvalue weighted by Gasteiger charge is -2.42. The summed E-state index contributed by atoms with van der Waals surface area (Å²) in [4.78, 5) is 43.2. The fraction of sp³-hybridized carbons (Fsp3) is 0.500. The molecule has 184 valence electrons. The molecule has 1 unspecified atom stereocenters. The van der Waals surface area contributed by atoms with E-state index < -0.39 is 12.1 Å². The summed E-state index contributed by atoms with van der Waals surface area (Å²) < 4.78 is 6.77. The van der Waals surface area contributed by atoms with Crippen LogP contribution in [0.15, 0.2) is 30.3 Å². The van der Waals surface area contributed by atoms with Gasteiger partial charge in [-0.25, -0.2) is 0 Å². The number of aromatic nitrogens is 2. The van der Waals surface area contributed by atoms with Gasteiger partial charge in [-0.05, 0) is 30.7 Å². The van der Waals surface area contributed by atoms with Gasteiger partial charge < -0.3 is 25.6 Å². The smallest absolute Gasteiger partial charge is 0.274 e. The van der Waals surface area contributed by atoms with Crippen LogP contribution in [0.5, 0.6) is 5.75 Å². The van der Waals surface area contributed by atoms with Crippen LogP contribution < -0.4 is 15.8 Å². The highest BCUT2D eigenvalue weighted by atomic mass is 16.5. The topological polar surface area (TPSA) is 123 Å². The van der Waals surface area contributed by atoms with Crippen molar-refractivity contribution in [3.05, 3.63) is 47.3 Å². The standard InChI is InChI=1S/C24H34N6O4/c1-24(2,3)19-15-18(28(4)27-19)23(33)30-13-7-12-29(21(30)20(31)26-11-10-25)22(32)16-8-6-9-17(14-16)34-5/h6,8-9,14-15,21H,7,10-13,25H2,1-5H3,(H,26,31). The molecule has 0 aliphatic carbocycles. The van der Waals surface area contributed by atoms with Crippen LogP contribution in [-0.4, -0.2) is 76.8 Å². The molecular weight excluding hydrogens is 436 g/mol. The molecule has 3 N–H and O–H groups in total. The fourth-order valence-corrected chi connectivity index (χ4v) is 3.92. The summed E-state index contributed by atoms with van der Waals surface area (Å²) in [5.74, 6) is -0.635. The quantitative estimate of drug-likeness (QED) is 0.652. The van der Waals surface area contributed by atoms with Crippen LogP contribution in [0.3, 0.4) is 0 Å². The van der Waals surface area contributed by atoms with E-state index in [1.807, 2.05) is 20.8 Å². The number of nitrogens with one attached hydrogen (secondary N) is 1. The first-order valence-corrected chi connectivity index (χ1v) is 11.4. The van der Waals surface area contributed by atoms with Gasteiger partial charge in [0.2, 0.25) is 0 Å². The van der Waals surface area contributed by atoms with Gasteiger partial charge in [-0.1, -0.05) is 26.8 Å². The molecule has 0 spiro atoms. The van der Waals surface area contributed by atoms with E-state index in [9.17, 15) is 14.4 Å². The fourth-order valence-electron chi connectivity index (χ4n) is 3.92. The second-order valence-electron chi connectivity index (χ2n) is 9.32. The summed E-state index contributed by atoms with van der Waals surface area (Å²) in [5, 5.41) is 7.24. The minimum atomic E-state index is -1.11. The number of carbonyl (C=O) groups is 3. The Morgan fingerprint density at radius 1 is 1.15 bits per heavy atom. The van der Waals surface area contributed by atoms with E-state index in [4.69, 9.17) is 10.5 Å². The van der Waals surface area contributed by atoms with Crippen molar-refractivity contribution < 1.29 is 19.1 Å². The van der Waals surface area contributed by atoms with Crippen molar-refractivity contribution in [3.63, 3.8) is 0 Å². The second kappa shape index (κ2) is 10.3. The number of aryl methyl sites for hydroxylation is 1. The van der Waals surface area contributed by atoms with E-state index in [0.29, 0.717) is 36.5 Å². The number of rotatable bonds is 6. The predicted octanol–water partition coefficient (Wildman–Crippen LogP) is 1.12. The number of ether oxygens (including phenoxy) is 1. The van der Waals surface area contributed by atoms with Gasteiger partial charge in [0.1, 0.15) is 11.4 Å². The van der Waals surface area contributed by atoms with Crippen LogP contribution in [0.2, 0.25) is 0 Å². The number of nitrogens with two attached hydrogens (primary N) is 1. The van der Waals surface area contributed by atoms with E-state index in [-0.39, 0.29) is 30.3 Å². The van der Waals surface area contributed by atoms with Gasteiger partial charge >= 0.3 is 0 Å². The first-order chi connectivity index (χ1) is 16.1. The van der Waals surface area contributed by atoms with Crippen molar-refractivity contribution in [2.24, 2.45) is 12.8 Å². The van der Waals surface area contributed by atoms with E-state index in [0.717, 1.165) is 5.69 Å². The third-order valence-electron chi connectivity index (χ3n) is 5.77. The molecule has 2 heterocycles. The van der Waals surface area contributed by atoms with Gasteiger partial charge in [0.25, 0.3) is 17.7 Å². The highest BCUT2D eigenvalue weighted by molar-refractivity contribution is 6.01. The van der Waals surface area contributed by atoms with E-state index in [2.05, 4.69) is 10.4 Å². The van der Waals surface area contributed by atoms with E-state index in [1.165, 1.54) is 21.6 Å². The zero-order chi connectivity index (χ0) is 25.0. The van der Waals surface area contributed by atoms with Crippen molar-refractivity contribution in [2.75, 3.05) is 33.3 Å². The molecule has 1 aliphatic rings. The highest BCUT2D eigenvalue weighted by Crippen LogP contribution is 2.25. The average molecular weight is 471 g/mol. The predicted molar refractivity (Wildman–Crippen MR) is 127 cm³/mol. The molecule has 1 aliphatic heterocycles. The Bertz CT molecular complexity index is 1060. The van der Waals surface area contributed by atoms with Crippen LogP contribution in [0.4, 0.5) is 0 Å². The summed E-state index contributed by atoms with van der Waals surface area (Å²) in [6.07, 6.45) is -0.578. The van der Waals surface area contributed by atoms with Crippen molar-refractivity contribution in [1.29, 1.82) is 0 Å². The van der Waals surface area contributed by atoms with Crippen molar-refractivity contribution in [1.82, 2.24) is 24.9 Å². The van der Waals surface area contributed by atoms with Gasteiger partial charge in [0.15, 0.2) is 6.17 Å². The Labute approximate surface area is 200 Å². The molecule has 1 aromatic heterocycles. The number of benzene rings is 1. The second-order valence-corrected chi connectivity index (χ2v) is 9.32. The number of nitrogens with zero attached hydrogens (tertiary/aromatic N) is 4. The van der Waals surface area contributed by atoms with Crippen molar-refractivity contribution >= 4 is 17.7 Å². The maximum atomic E-state index is 13.7. The van der Waals surface area contributed by atoms with E-state index in [1.54, 1.807) is 37.4 Å². The molecule has 0 bridgehead atoms. The minimum absolute atomic E-state index is 0.235. The molecule has 1 aromatic carbocycles. The maximum absolute atomic E-state index is 13.7. The number of amides is 3. The number of hydrogen-bond acceptors (Lipinski definition) is 6. The number of methoxy groups -OCH3 is 1. The van der Waals surface area contributed by atoms with Crippen molar-refractivity contribution in [2.45, 2.75) is 38.8 Å². The van der Waals surface area contributed by atoms with Gasteiger partial charge in [-0.3, -0.25) is 19.1 Å². The van der Waals surface area contributed by atoms with E-state index >= 15 is 0 Å². The first kappa shape index (κ1) is 25.2. The lowest BCUT2D eigenvalue weighted by molar-refractivity contribution is -0.132. The highest BCUT2D eigenvalue weighted by Gasteiger charge is 2.41. The summed E-state index contributed by atoms with van der Waals surface area (Å²) in [7, 11) is 3.22. The third-order valence-corrected chi connectivity index (χ3v) is 5.77. The zero-order valence-corrected chi connectivity index (χ0v) is 20.5. The summed E-state index contributed by atoms with van der Waals surface area (Å²) in [6, 6.07) is 8.49. The lowest BCUT2D eigenvalue weighted by atomic mass is 9.92. The molecule has 3 amide bonds. The Morgan fingerprint density at radius 2 is 1.82 bits per heavy atom. The van der Waals surface area contributed by atoms with Crippen LogP contribution in [0.25, 0.3) is 0 Å². The first-order valence-electron chi connectivity index (χ1n) is 11.4. The SMILES string of the molecule is COc1cccc(C(=O)N2CCCN(C(=O)c3cc(C(C)(C)C)nn3C)C2C(=O)NCCN)c1. The molecule has 10 nitrogen and oxygen atoms in total. The van der Waals surface area contributed by atoms with Gasteiger partial charge in [0.05, 0.1) is 12.8 Å². The molecule has 1 atom stereocenters. The van der Waals surface area contributed by atoms with Crippen LogP contribution in [0, 0.1) is 0 Å². The molecule has 1 saturated heterocycles. The Balaban J connectivity index is 1.98. The monoisotopic (exact) mass is 470 g/mol. The molecule has 3 rings (SSSR count). The Morgan fingerprint density at radius 3 is 2.41 bits per heavy atom. The van der Waals surface area contributed by atoms with Gasteiger partial charge in [0, 0.05) is 44.2 Å². The Kier molecular flexibility index (Phi) is 7.61. The van der Waals surface area contributed by atoms with Gasteiger partial charge in [-0.2, -0.15) is 5.10 Å². The minimum Gasteiger partial charge on any atom is -0.497 e. The van der Waals surface area contributed by atoms with Crippen LogP contribution in [0.1, 0.15) is 53.7 Å². The molecule has 34 heavy (non-hydrogen) atoms. The summed E-state index contributed by atoms with van der Waals surface area (Å²) in [5.41, 5.74) is 6.83. The Hall–Kier alpha value is -3.40. The molecule has 2 aromatic rings. The maximum Gasteiger partial charge on any atom is 0.274 e. The van der Waals surface area contributed by atoms with Crippen molar-refractivity contribution in [3.8, 4) is 5.75 Å². The summed E-state index contributed by atoms with van der Waals surface area (Å²) in [6.45, 7) is 7.19. The third kappa shape index (κ3) is 5.22. The molecule has 10 heteroatoms. The van der Waals surface area contributed by atoms with Gasteiger partial charge in [-0.15, -0.1) is 0 Å². The lowest BCUT2D eigenvalue weighted by Crippen LogP contribution is -2.63. The zero-order valence-electron chi connectivity index (χ0n) is 20.5. The molecule has 0 radical (unpaired) electrons. The van der Waals surface area contributed by atoms with Crippen LogP contribution in [-0.2, 0) is 17.3 Å². The average Bonchev–Trinajstić information content (AvgIpc) is 3.23. The molecular formula is C24H34N6O4.